The van der Waals surface area contributed by atoms with E-state index in [0.29, 0.717) is 10.0 Å². The quantitative estimate of drug-likeness (QED) is 0.597. The Morgan fingerprint density at radius 2 is 2.04 bits per heavy atom. The lowest BCUT2D eigenvalue weighted by molar-refractivity contribution is -0.385. The minimum atomic E-state index is -0.848. The predicted molar refractivity (Wildman–Crippen MR) is 84.7 cm³/mol. The molecular weight excluding hydrogens is 393 g/mol. The van der Waals surface area contributed by atoms with Gasteiger partial charge in [-0.1, -0.05) is 27.5 Å². The summed E-state index contributed by atoms with van der Waals surface area (Å²) in [4.78, 5) is 22.8. The molecule has 0 saturated carbocycles. The Morgan fingerprint density at radius 1 is 1.30 bits per heavy atom. The lowest BCUT2D eigenvalue weighted by atomic mass is 9.91. The first kappa shape index (κ1) is 15.9. The molecule has 3 rings (SSSR count). The van der Waals surface area contributed by atoms with Gasteiger partial charge in [0, 0.05) is 15.6 Å². The molecule has 23 heavy (non-hydrogen) atoms. The van der Waals surface area contributed by atoms with Gasteiger partial charge in [-0.3, -0.25) is 20.3 Å². The molecule has 2 aromatic rings. The number of nitro benzene ring substituents is 1. The zero-order valence-corrected chi connectivity index (χ0v) is 13.6. The molecule has 0 spiro atoms. The van der Waals surface area contributed by atoms with Crippen LogP contribution < -0.4 is 10.9 Å². The summed E-state index contributed by atoms with van der Waals surface area (Å²) in [6.07, 6.45) is 0. The number of nitrogens with one attached hydrogen (secondary N) is 2. The standard InChI is InChI=1S/C14H8BrClFN3O3/c15-6-3-9-12(11(4-6)20(22)23)13(18-19-14(9)21)8-5-7(17)1-2-10(8)16/h1-5,13,18H,(H,19,21). The molecule has 1 heterocycles. The van der Waals surface area contributed by atoms with Gasteiger partial charge in [0.2, 0.25) is 0 Å². The number of nitro groups is 1. The van der Waals surface area contributed by atoms with Crippen LogP contribution in [0.3, 0.4) is 0 Å². The molecule has 0 bridgehead atoms. The molecule has 9 heteroatoms. The lowest BCUT2D eigenvalue weighted by Crippen LogP contribution is -2.46. The van der Waals surface area contributed by atoms with Gasteiger partial charge in [0.25, 0.3) is 11.6 Å². The Hall–Kier alpha value is -2.03. The molecule has 2 aromatic carbocycles. The molecule has 0 radical (unpaired) electrons. The Balaban J connectivity index is 2.29. The fraction of sp³-hybridized carbons (Fsp3) is 0.0714. The number of nitrogens with zero attached hydrogens (tertiary/aromatic N) is 1. The third-order valence-corrected chi connectivity index (χ3v) is 4.25. The van der Waals surface area contributed by atoms with E-state index in [0.717, 1.165) is 0 Å². The fourth-order valence-electron chi connectivity index (χ4n) is 2.49. The van der Waals surface area contributed by atoms with E-state index in [2.05, 4.69) is 26.8 Å². The number of carbonyl (C=O) groups excluding carboxylic acids is 1. The second kappa shape index (κ2) is 5.88. The zero-order valence-electron chi connectivity index (χ0n) is 11.3. The van der Waals surface area contributed by atoms with Gasteiger partial charge in [0.1, 0.15) is 5.82 Å². The Bertz CT molecular complexity index is 829. The number of benzene rings is 2. The highest BCUT2D eigenvalue weighted by atomic mass is 79.9. The molecule has 0 aromatic heterocycles. The van der Waals surface area contributed by atoms with Gasteiger partial charge in [-0.05, 0) is 29.8 Å². The van der Waals surface area contributed by atoms with Crippen molar-refractivity contribution in [1.29, 1.82) is 0 Å². The van der Waals surface area contributed by atoms with Crippen LogP contribution in [0.1, 0.15) is 27.5 Å². The third-order valence-electron chi connectivity index (χ3n) is 3.45. The highest BCUT2D eigenvalue weighted by Crippen LogP contribution is 2.39. The summed E-state index contributed by atoms with van der Waals surface area (Å²) in [5, 5.41) is 11.6. The van der Waals surface area contributed by atoms with Crippen LogP contribution in [0.25, 0.3) is 0 Å². The summed E-state index contributed by atoms with van der Waals surface area (Å²) in [5.41, 5.74) is 5.35. The van der Waals surface area contributed by atoms with Crippen molar-refractivity contribution in [2.24, 2.45) is 0 Å². The van der Waals surface area contributed by atoms with Crippen LogP contribution >= 0.6 is 27.5 Å². The van der Waals surface area contributed by atoms with Gasteiger partial charge in [-0.15, -0.1) is 0 Å². The first-order chi connectivity index (χ1) is 10.9. The topological polar surface area (TPSA) is 84.3 Å². The molecule has 1 amide bonds. The maximum Gasteiger partial charge on any atom is 0.276 e. The van der Waals surface area contributed by atoms with Crippen LogP contribution in [0.4, 0.5) is 10.1 Å². The monoisotopic (exact) mass is 399 g/mol. The van der Waals surface area contributed by atoms with Crippen molar-refractivity contribution in [2.45, 2.75) is 6.04 Å². The Kier molecular flexibility index (Phi) is 4.05. The maximum atomic E-state index is 13.6. The van der Waals surface area contributed by atoms with Gasteiger partial charge in [0.05, 0.1) is 22.1 Å². The lowest BCUT2D eigenvalue weighted by Gasteiger charge is -2.27. The largest absolute Gasteiger partial charge is 0.287 e. The second-order valence-electron chi connectivity index (χ2n) is 4.84. The smallest absolute Gasteiger partial charge is 0.276 e. The average Bonchev–Trinajstić information content (AvgIpc) is 2.50. The molecule has 118 valence electrons. The first-order valence-corrected chi connectivity index (χ1v) is 7.54. The van der Waals surface area contributed by atoms with E-state index in [1.54, 1.807) is 0 Å². The van der Waals surface area contributed by atoms with Crippen LogP contribution in [-0.2, 0) is 0 Å². The van der Waals surface area contributed by atoms with Crippen LogP contribution in [0.2, 0.25) is 5.02 Å². The molecule has 1 aliphatic heterocycles. The van der Waals surface area contributed by atoms with Crippen LogP contribution in [0.15, 0.2) is 34.8 Å². The van der Waals surface area contributed by atoms with Crippen molar-refractivity contribution in [3.05, 3.63) is 72.4 Å². The van der Waals surface area contributed by atoms with Gasteiger partial charge in [0.15, 0.2) is 0 Å². The number of hydrazine groups is 1. The predicted octanol–water partition coefficient (Wildman–Crippen LogP) is 3.49. The van der Waals surface area contributed by atoms with E-state index in [1.165, 1.54) is 30.3 Å². The van der Waals surface area contributed by atoms with Crippen LogP contribution in [0.5, 0.6) is 0 Å². The minimum absolute atomic E-state index is 0.121. The summed E-state index contributed by atoms with van der Waals surface area (Å²) in [6.45, 7) is 0. The highest BCUT2D eigenvalue weighted by molar-refractivity contribution is 9.10. The van der Waals surface area contributed by atoms with E-state index < -0.39 is 22.7 Å². The van der Waals surface area contributed by atoms with Crippen molar-refractivity contribution < 1.29 is 14.1 Å². The molecule has 1 unspecified atom stereocenters. The van der Waals surface area contributed by atoms with Crippen LogP contribution in [0, 0.1) is 15.9 Å². The van der Waals surface area contributed by atoms with E-state index in [4.69, 9.17) is 11.6 Å². The maximum absolute atomic E-state index is 13.6. The number of carbonyl (C=O) groups is 1. The number of halogens is 3. The van der Waals surface area contributed by atoms with Crippen molar-refractivity contribution in [2.75, 3.05) is 0 Å². The van der Waals surface area contributed by atoms with E-state index >= 15 is 0 Å². The van der Waals surface area contributed by atoms with Gasteiger partial charge >= 0.3 is 0 Å². The van der Waals surface area contributed by atoms with Crippen molar-refractivity contribution in [3.63, 3.8) is 0 Å². The van der Waals surface area contributed by atoms with E-state index in [9.17, 15) is 19.3 Å². The summed E-state index contributed by atoms with van der Waals surface area (Å²) in [7, 11) is 0. The number of amides is 1. The number of rotatable bonds is 2. The van der Waals surface area contributed by atoms with Crippen molar-refractivity contribution in [3.8, 4) is 0 Å². The summed E-state index contributed by atoms with van der Waals surface area (Å²) < 4.78 is 14.0. The molecule has 0 aliphatic carbocycles. The van der Waals surface area contributed by atoms with Crippen molar-refractivity contribution in [1.82, 2.24) is 10.9 Å². The molecular formula is C14H8BrClFN3O3. The molecule has 1 atom stereocenters. The molecule has 0 saturated heterocycles. The summed E-state index contributed by atoms with van der Waals surface area (Å²) in [6, 6.07) is 5.63. The second-order valence-corrected chi connectivity index (χ2v) is 6.16. The van der Waals surface area contributed by atoms with E-state index in [-0.39, 0.29) is 21.8 Å². The molecule has 2 N–H and O–H groups in total. The van der Waals surface area contributed by atoms with Gasteiger partial charge in [-0.2, -0.15) is 0 Å². The van der Waals surface area contributed by atoms with Gasteiger partial charge in [-0.25, -0.2) is 9.82 Å². The fourth-order valence-corrected chi connectivity index (χ4v) is 3.16. The number of fused-ring (bicyclic) bond motifs is 1. The Labute approximate surface area is 142 Å². The average molecular weight is 401 g/mol. The highest BCUT2D eigenvalue weighted by Gasteiger charge is 2.35. The molecule has 6 nitrogen and oxygen atoms in total. The van der Waals surface area contributed by atoms with E-state index in [1.807, 2.05) is 0 Å². The number of hydrogen-bond donors (Lipinski definition) is 2. The van der Waals surface area contributed by atoms with Crippen molar-refractivity contribution >= 4 is 39.1 Å². The summed E-state index contributed by atoms with van der Waals surface area (Å²) >= 11 is 9.25. The SMILES string of the molecule is O=C1NNC(c2cc(F)ccc2Cl)c2c1cc(Br)cc2[N+](=O)[O-]. The molecule has 0 fully saturated rings. The number of hydrogen-bond acceptors (Lipinski definition) is 4. The van der Waals surface area contributed by atoms with Gasteiger partial charge < -0.3 is 0 Å². The Morgan fingerprint density at radius 3 is 2.74 bits per heavy atom. The normalized spacial score (nSPS) is 16.7. The third kappa shape index (κ3) is 2.80. The summed E-state index contributed by atoms with van der Waals surface area (Å²) in [5.74, 6) is -1.06. The first-order valence-electron chi connectivity index (χ1n) is 6.37. The molecule has 1 aliphatic rings. The minimum Gasteiger partial charge on any atom is -0.287 e. The van der Waals surface area contributed by atoms with Crippen LogP contribution in [-0.4, -0.2) is 10.8 Å². The zero-order chi connectivity index (χ0) is 16.7.